The molecule has 0 atom stereocenters. The van der Waals surface area contributed by atoms with Gasteiger partial charge < -0.3 is 10.0 Å². The van der Waals surface area contributed by atoms with Crippen molar-refractivity contribution in [3.8, 4) is 29.0 Å². The number of carbonyl (C=O) groups is 1. The molecule has 1 aromatic carbocycles. The van der Waals surface area contributed by atoms with Gasteiger partial charge in [0.2, 0.25) is 0 Å². The van der Waals surface area contributed by atoms with Gasteiger partial charge in [0.1, 0.15) is 23.3 Å². The number of fused-ring (bicyclic) bond motifs is 2. The largest absolute Gasteiger partial charge is 0.478 e. The summed E-state index contributed by atoms with van der Waals surface area (Å²) in [6, 6.07) is 8.90. The molecule has 240 valence electrons. The van der Waals surface area contributed by atoms with Gasteiger partial charge in [-0.15, -0.1) is 11.3 Å². The number of aromatic nitrogens is 4. The number of pyridine rings is 2. The van der Waals surface area contributed by atoms with Gasteiger partial charge in [0, 0.05) is 53.4 Å². The van der Waals surface area contributed by atoms with Crippen molar-refractivity contribution in [1.29, 1.82) is 5.26 Å². The molecule has 0 unspecified atom stereocenters. The molecule has 0 saturated heterocycles. The van der Waals surface area contributed by atoms with Gasteiger partial charge in [0.25, 0.3) is 5.56 Å². The average molecular weight is 680 g/mol. The second-order valence-electron chi connectivity index (χ2n) is 10.6. The van der Waals surface area contributed by atoms with Crippen LogP contribution in [0, 0.1) is 30.1 Å². The summed E-state index contributed by atoms with van der Waals surface area (Å²) in [5.41, 5.74) is 2.03. The van der Waals surface area contributed by atoms with Gasteiger partial charge in [0.05, 0.1) is 46.0 Å². The lowest BCUT2D eigenvalue weighted by molar-refractivity contribution is -0.142. The van der Waals surface area contributed by atoms with Crippen LogP contribution in [-0.4, -0.2) is 75.4 Å². The number of carboxylic acids is 1. The molecule has 4 aromatic heterocycles. The quantitative estimate of drug-likeness (QED) is 0.209. The van der Waals surface area contributed by atoms with E-state index < -0.39 is 24.2 Å². The number of nitrogens with zero attached hydrogens (tertiary/aromatic N) is 7. The summed E-state index contributed by atoms with van der Waals surface area (Å²) in [6.07, 6.45) is -1.46. The van der Waals surface area contributed by atoms with Crippen molar-refractivity contribution in [2.45, 2.75) is 19.6 Å². The van der Waals surface area contributed by atoms with Crippen LogP contribution in [-0.2, 0) is 6.54 Å². The third kappa shape index (κ3) is 7.05. The number of benzene rings is 1. The Bertz CT molecular complexity index is 2200. The molecule has 15 heteroatoms. The van der Waals surface area contributed by atoms with Gasteiger partial charge in [-0.25, -0.2) is 14.8 Å². The SMILES string of the molecule is Cc1nc2cnc(N(C)CCN(C)CC(F)(F)F)c(C#N)c2c(=O)n1CC#Cc1ccc(Cl)cc1-c1ccnc2c(C(=O)O)csc12. The molecule has 10 nitrogen and oxygen atoms in total. The van der Waals surface area contributed by atoms with E-state index in [0.29, 0.717) is 37.8 Å². The third-order valence-electron chi connectivity index (χ3n) is 7.33. The topological polar surface area (TPSA) is 128 Å². The Hall–Kier alpha value is -5.02. The lowest BCUT2D eigenvalue weighted by Gasteiger charge is -2.24. The minimum absolute atomic E-state index is 0.0266. The molecular formula is C32H25ClF3N7O3S. The number of aryl methyl sites for hydroxylation is 1. The smallest absolute Gasteiger partial charge is 0.401 e. The predicted octanol–water partition coefficient (Wildman–Crippen LogP) is 5.58. The molecule has 0 amide bonds. The van der Waals surface area contributed by atoms with Gasteiger partial charge in [0.15, 0.2) is 0 Å². The van der Waals surface area contributed by atoms with Crippen LogP contribution >= 0.6 is 22.9 Å². The van der Waals surface area contributed by atoms with Crippen LogP contribution in [0.2, 0.25) is 5.02 Å². The summed E-state index contributed by atoms with van der Waals surface area (Å²) in [5.74, 6) is 5.50. The van der Waals surface area contributed by atoms with Crippen molar-refractivity contribution in [2.24, 2.45) is 0 Å². The summed E-state index contributed by atoms with van der Waals surface area (Å²) >= 11 is 7.58. The molecule has 1 N–H and O–H groups in total. The molecule has 0 saturated carbocycles. The fraction of sp³-hybridized carbons (Fsp3) is 0.250. The van der Waals surface area contributed by atoms with E-state index in [1.165, 1.54) is 45.6 Å². The van der Waals surface area contributed by atoms with Gasteiger partial charge in [-0.3, -0.25) is 19.2 Å². The molecule has 0 fully saturated rings. The highest BCUT2D eigenvalue weighted by Crippen LogP contribution is 2.36. The number of carboxylic acid groups (broad SMARTS) is 1. The van der Waals surface area contributed by atoms with Crippen LogP contribution in [0.4, 0.5) is 19.0 Å². The second kappa shape index (κ2) is 13.4. The summed E-state index contributed by atoms with van der Waals surface area (Å²) in [7, 11) is 2.93. The number of likely N-dealkylation sites (N-methyl/N-ethyl adjacent to an activating group) is 2. The van der Waals surface area contributed by atoms with E-state index in [2.05, 4.69) is 26.8 Å². The maximum Gasteiger partial charge on any atom is 0.401 e. The molecule has 0 aliphatic heterocycles. The molecule has 47 heavy (non-hydrogen) atoms. The van der Waals surface area contributed by atoms with Gasteiger partial charge >= 0.3 is 12.1 Å². The zero-order chi connectivity index (χ0) is 34.0. The van der Waals surface area contributed by atoms with E-state index in [0.717, 1.165) is 4.90 Å². The van der Waals surface area contributed by atoms with E-state index in [-0.39, 0.29) is 47.5 Å². The summed E-state index contributed by atoms with van der Waals surface area (Å²) in [6.45, 7) is 0.621. The first-order valence-corrected chi connectivity index (χ1v) is 15.2. The summed E-state index contributed by atoms with van der Waals surface area (Å²) in [5, 5.41) is 21.6. The number of rotatable bonds is 8. The zero-order valence-electron chi connectivity index (χ0n) is 25.2. The Morgan fingerprint density at radius 3 is 2.64 bits per heavy atom. The van der Waals surface area contributed by atoms with Gasteiger partial charge in [-0.05, 0) is 38.2 Å². The maximum absolute atomic E-state index is 13.8. The van der Waals surface area contributed by atoms with Crippen LogP contribution in [0.1, 0.15) is 27.3 Å². The van der Waals surface area contributed by atoms with Gasteiger partial charge in [-0.1, -0.05) is 23.4 Å². The predicted molar refractivity (Wildman–Crippen MR) is 174 cm³/mol. The highest BCUT2D eigenvalue weighted by molar-refractivity contribution is 7.18. The second-order valence-corrected chi connectivity index (χ2v) is 12.0. The Labute approximate surface area is 275 Å². The number of alkyl halides is 3. The first-order valence-electron chi connectivity index (χ1n) is 13.9. The molecule has 0 spiro atoms. The fourth-order valence-corrected chi connectivity index (χ4v) is 6.26. The molecule has 4 heterocycles. The highest BCUT2D eigenvalue weighted by Gasteiger charge is 2.29. The Morgan fingerprint density at radius 2 is 1.94 bits per heavy atom. The first kappa shape index (κ1) is 33.3. The van der Waals surface area contributed by atoms with E-state index in [9.17, 15) is 33.1 Å². The number of hydrogen-bond acceptors (Lipinski definition) is 9. The summed E-state index contributed by atoms with van der Waals surface area (Å²) < 4.78 is 40.2. The van der Waals surface area contributed by atoms with Crippen molar-refractivity contribution in [3.05, 3.63) is 79.9 Å². The van der Waals surface area contributed by atoms with Crippen molar-refractivity contribution in [1.82, 2.24) is 24.4 Å². The number of aromatic carboxylic acids is 1. The van der Waals surface area contributed by atoms with Crippen molar-refractivity contribution in [2.75, 3.05) is 38.6 Å². The van der Waals surface area contributed by atoms with E-state index in [1.807, 2.05) is 6.07 Å². The molecule has 0 aliphatic carbocycles. The minimum Gasteiger partial charge on any atom is -0.478 e. The number of halogens is 4. The monoisotopic (exact) mass is 679 g/mol. The Kier molecular flexibility index (Phi) is 9.49. The highest BCUT2D eigenvalue weighted by atomic mass is 35.5. The van der Waals surface area contributed by atoms with E-state index in [1.54, 1.807) is 38.2 Å². The number of hydrogen-bond donors (Lipinski definition) is 1. The Balaban J connectivity index is 1.49. The number of thiophene rings is 1. The van der Waals surface area contributed by atoms with E-state index >= 15 is 0 Å². The third-order valence-corrected chi connectivity index (χ3v) is 8.56. The van der Waals surface area contributed by atoms with Crippen LogP contribution < -0.4 is 10.5 Å². The molecule has 0 aliphatic rings. The average Bonchev–Trinajstić information content (AvgIpc) is 3.45. The molecule has 5 rings (SSSR count). The van der Waals surface area contributed by atoms with Crippen molar-refractivity contribution < 1.29 is 23.1 Å². The molecule has 0 bridgehead atoms. The normalized spacial score (nSPS) is 11.5. The zero-order valence-corrected chi connectivity index (χ0v) is 26.8. The van der Waals surface area contributed by atoms with Crippen LogP contribution in [0.5, 0.6) is 0 Å². The molecule has 0 radical (unpaired) electrons. The summed E-state index contributed by atoms with van der Waals surface area (Å²) in [4.78, 5) is 41.1. The number of anilines is 1. The van der Waals surface area contributed by atoms with Crippen molar-refractivity contribution in [3.63, 3.8) is 0 Å². The van der Waals surface area contributed by atoms with Gasteiger partial charge in [-0.2, -0.15) is 18.4 Å². The fourth-order valence-electron chi connectivity index (χ4n) is 5.06. The standard InChI is InChI=1S/C32H25ClF3N7O3S/c1-18-40-25-15-39-29(42(3)12-11-41(2)17-32(34,35)36)23(14-37)26(25)30(44)43(18)10-4-5-19-6-7-20(33)13-22(19)21-8-9-38-27-24(31(45)46)16-47-28(21)27/h6-9,13,15-16H,10-12,17H2,1-3H3,(H,45,46). The van der Waals surface area contributed by atoms with Crippen LogP contribution in [0.15, 0.2) is 46.8 Å². The van der Waals surface area contributed by atoms with Crippen molar-refractivity contribution >= 4 is 55.8 Å². The lowest BCUT2D eigenvalue weighted by atomic mass is 10.00. The number of nitriles is 1. The first-order chi connectivity index (χ1) is 22.3. The van der Waals surface area contributed by atoms with Crippen LogP contribution in [0.25, 0.3) is 32.2 Å². The molecule has 5 aromatic rings. The maximum atomic E-state index is 13.8. The lowest BCUT2D eigenvalue weighted by Crippen LogP contribution is -2.37. The van der Waals surface area contributed by atoms with E-state index in [4.69, 9.17) is 11.6 Å². The Morgan fingerprint density at radius 1 is 1.17 bits per heavy atom. The van der Waals surface area contributed by atoms with Crippen LogP contribution in [0.3, 0.4) is 0 Å². The molecular weight excluding hydrogens is 655 g/mol. The minimum atomic E-state index is -4.35.